The summed E-state index contributed by atoms with van der Waals surface area (Å²) in [7, 11) is 0. The van der Waals surface area contributed by atoms with Gasteiger partial charge in [-0.1, -0.05) is 6.92 Å². The third-order valence-corrected chi connectivity index (χ3v) is 0.775. The Morgan fingerprint density at radius 2 is 2.56 bits per heavy atom. The van der Waals surface area contributed by atoms with Gasteiger partial charge in [0.25, 0.3) is 0 Å². The van der Waals surface area contributed by atoms with Crippen molar-refractivity contribution in [1.82, 2.24) is 10.4 Å². The highest BCUT2D eigenvalue weighted by atomic mass is 16.3. The monoisotopic (exact) mass is 131 g/mol. The van der Waals surface area contributed by atoms with Gasteiger partial charge in [0.2, 0.25) is 6.41 Å². The van der Waals surface area contributed by atoms with Gasteiger partial charge in [-0.2, -0.15) is 0 Å². The van der Waals surface area contributed by atoms with E-state index in [0.717, 1.165) is 5.01 Å². The van der Waals surface area contributed by atoms with Crippen molar-refractivity contribution in [2.24, 2.45) is 0 Å². The predicted molar refractivity (Wildman–Crippen MR) is 32.9 cm³/mol. The van der Waals surface area contributed by atoms with Gasteiger partial charge in [0.15, 0.2) is 0 Å². The van der Waals surface area contributed by atoms with Gasteiger partial charge in [0.05, 0.1) is 0 Å². The zero-order valence-electron chi connectivity index (χ0n) is 5.37. The molecule has 2 N–H and O–H groups in total. The summed E-state index contributed by atoms with van der Waals surface area (Å²) in [5.41, 5.74) is 2.58. The Balaban J connectivity index is 3.54. The maximum absolute atomic E-state index is 10.00. The Morgan fingerprint density at radius 3 is 2.67 bits per heavy atom. The molecule has 0 heterocycles. The standard InChI is InChI=1S/C5H11N2O2/c1-3-6-7(4-8)5(2)9/h4-6,9H,2-3H2,1H3. The van der Waals surface area contributed by atoms with Crippen molar-refractivity contribution in [3.8, 4) is 0 Å². The Hall–Kier alpha value is -0.610. The van der Waals surface area contributed by atoms with E-state index in [9.17, 15) is 4.79 Å². The number of nitrogens with zero attached hydrogens (tertiary/aromatic N) is 1. The molecule has 1 amide bonds. The van der Waals surface area contributed by atoms with Crippen LogP contribution in [0.25, 0.3) is 0 Å². The second-order valence-electron chi connectivity index (χ2n) is 1.50. The fourth-order valence-corrected chi connectivity index (χ4v) is 0.395. The van der Waals surface area contributed by atoms with Crippen LogP contribution in [0.5, 0.6) is 0 Å². The first-order chi connectivity index (χ1) is 4.22. The summed E-state index contributed by atoms with van der Waals surface area (Å²) in [5, 5.41) is 9.65. The fraction of sp³-hybridized carbons (Fsp3) is 0.600. The first kappa shape index (κ1) is 8.39. The minimum Gasteiger partial charge on any atom is -0.372 e. The molecule has 4 nitrogen and oxygen atoms in total. The van der Waals surface area contributed by atoms with Crippen molar-refractivity contribution in [3.63, 3.8) is 0 Å². The molecule has 0 aromatic rings. The van der Waals surface area contributed by atoms with Crippen LogP contribution < -0.4 is 5.43 Å². The number of aliphatic hydroxyl groups excluding tert-OH is 1. The highest BCUT2D eigenvalue weighted by Gasteiger charge is 2.03. The Labute approximate surface area is 54.4 Å². The van der Waals surface area contributed by atoms with Crippen molar-refractivity contribution in [1.29, 1.82) is 0 Å². The van der Waals surface area contributed by atoms with Gasteiger partial charge in [-0.3, -0.25) is 9.80 Å². The van der Waals surface area contributed by atoms with Crippen molar-refractivity contribution < 1.29 is 9.90 Å². The van der Waals surface area contributed by atoms with Gasteiger partial charge in [-0.15, -0.1) is 0 Å². The molecule has 0 bridgehead atoms. The van der Waals surface area contributed by atoms with Gasteiger partial charge in [-0.05, 0) is 6.92 Å². The Kier molecular flexibility index (Phi) is 4.00. The number of amides is 1. The molecule has 1 unspecified atom stereocenters. The summed E-state index contributed by atoms with van der Waals surface area (Å²) in [6.07, 6.45) is -0.524. The molecule has 1 radical (unpaired) electrons. The maximum Gasteiger partial charge on any atom is 0.226 e. The minimum atomic E-state index is -1.01. The number of hydrazine groups is 1. The van der Waals surface area contributed by atoms with Gasteiger partial charge < -0.3 is 5.11 Å². The molecule has 0 aromatic heterocycles. The van der Waals surface area contributed by atoms with Crippen molar-refractivity contribution >= 4 is 6.41 Å². The molecular formula is C5H11N2O2. The predicted octanol–water partition coefficient (Wildman–Crippen LogP) is -0.878. The van der Waals surface area contributed by atoms with Crippen LogP contribution in [0.3, 0.4) is 0 Å². The van der Waals surface area contributed by atoms with E-state index in [0.29, 0.717) is 13.0 Å². The smallest absolute Gasteiger partial charge is 0.226 e. The lowest BCUT2D eigenvalue weighted by molar-refractivity contribution is -0.129. The van der Waals surface area contributed by atoms with E-state index in [4.69, 9.17) is 5.11 Å². The molecule has 0 aliphatic heterocycles. The largest absolute Gasteiger partial charge is 0.372 e. The van der Waals surface area contributed by atoms with Crippen molar-refractivity contribution in [2.75, 3.05) is 6.54 Å². The molecule has 0 saturated heterocycles. The number of carbonyl (C=O) groups excluding carboxylic acids is 1. The van der Waals surface area contributed by atoms with E-state index in [1.165, 1.54) is 0 Å². The molecule has 9 heavy (non-hydrogen) atoms. The van der Waals surface area contributed by atoms with Crippen LogP contribution in [0.2, 0.25) is 0 Å². The lowest BCUT2D eigenvalue weighted by Crippen LogP contribution is -2.43. The van der Waals surface area contributed by atoms with Crippen molar-refractivity contribution in [3.05, 3.63) is 6.92 Å². The SMILES string of the molecule is [CH2]C(O)N(C=O)NCC. The van der Waals surface area contributed by atoms with Gasteiger partial charge in [0.1, 0.15) is 6.23 Å². The summed E-state index contributed by atoms with van der Waals surface area (Å²) in [6.45, 7) is 5.62. The zero-order chi connectivity index (χ0) is 7.28. The number of hydrogen-bond donors (Lipinski definition) is 2. The normalized spacial score (nSPS) is 12.8. The van der Waals surface area contributed by atoms with Crippen LogP contribution in [-0.2, 0) is 4.79 Å². The number of rotatable bonds is 4. The summed E-state index contributed by atoms with van der Waals surface area (Å²) in [4.78, 5) is 10.00. The summed E-state index contributed by atoms with van der Waals surface area (Å²) >= 11 is 0. The summed E-state index contributed by atoms with van der Waals surface area (Å²) < 4.78 is 0. The third-order valence-electron chi connectivity index (χ3n) is 0.775. The molecule has 0 aliphatic carbocycles. The number of aliphatic hydroxyl groups is 1. The summed E-state index contributed by atoms with van der Waals surface area (Å²) in [5.74, 6) is 0. The first-order valence-electron chi connectivity index (χ1n) is 2.70. The molecule has 0 aromatic carbocycles. The Bertz CT molecular complexity index is 85.0. The van der Waals surface area contributed by atoms with E-state index in [-0.39, 0.29) is 0 Å². The highest BCUT2D eigenvalue weighted by Crippen LogP contribution is 1.82. The van der Waals surface area contributed by atoms with E-state index >= 15 is 0 Å². The second kappa shape index (κ2) is 4.29. The van der Waals surface area contributed by atoms with Crippen molar-refractivity contribution in [2.45, 2.75) is 13.2 Å². The zero-order valence-corrected chi connectivity index (χ0v) is 5.37. The molecule has 1 atom stereocenters. The molecule has 53 valence electrons. The lowest BCUT2D eigenvalue weighted by Gasteiger charge is -2.19. The molecule has 4 heteroatoms. The van der Waals surface area contributed by atoms with Crippen LogP contribution in [-0.4, -0.2) is 29.3 Å². The molecular weight excluding hydrogens is 120 g/mol. The van der Waals surface area contributed by atoms with Crippen LogP contribution in [0, 0.1) is 6.92 Å². The van der Waals surface area contributed by atoms with E-state index < -0.39 is 6.23 Å². The second-order valence-corrected chi connectivity index (χ2v) is 1.50. The van der Waals surface area contributed by atoms with E-state index in [1.54, 1.807) is 0 Å². The quantitative estimate of drug-likeness (QED) is 0.296. The number of hydrogen-bond acceptors (Lipinski definition) is 3. The van der Waals surface area contributed by atoms with E-state index in [2.05, 4.69) is 12.3 Å². The minimum absolute atomic E-state index is 0.487. The van der Waals surface area contributed by atoms with Crippen LogP contribution in [0.1, 0.15) is 6.92 Å². The molecule has 0 fully saturated rings. The van der Waals surface area contributed by atoms with Crippen LogP contribution in [0.15, 0.2) is 0 Å². The average Bonchev–Trinajstić information content (AvgIpc) is 1.82. The van der Waals surface area contributed by atoms with Gasteiger partial charge in [0, 0.05) is 6.54 Å². The summed E-state index contributed by atoms with van der Waals surface area (Å²) in [6, 6.07) is 0. The molecule has 0 spiro atoms. The Morgan fingerprint density at radius 1 is 2.00 bits per heavy atom. The van der Waals surface area contributed by atoms with Crippen LogP contribution in [0.4, 0.5) is 0 Å². The average molecular weight is 131 g/mol. The van der Waals surface area contributed by atoms with Crippen LogP contribution >= 0.6 is 0 Å². The first-order valence-corrected chi connectivity index (χ1v) is 2.70. The molecule has 0 rings (SSSR count). The topological polar surface area (TPSA) is 52.6 Å². The van der Waals surface area contributed by atoms with Gasteiger partial charge >= 0.3 is 0 Å². The highest BCUT2D eigenvalue weighted by molar-refractivity contribution is 5.46. The molecule has 0 aliphatic rings. The maximum atomic E-state index is 10.00. The fourth-order valence-electron chi connectivity index (χ4n) is 0.395. The third kappa shape index (κ3) is 3.05. The molecule has 0 saturated carbocycles. The van der Waals surface area contributed by atoms with Gasteiger partial charge in [-0.25, -0.2) is 5.43 Å². The lowest BCUT2D eigenvalue weighted by atomic mass is 10.6. The number of nitrogens with one attached hydrogen (secondary N) is 1. The van der Waals surface area contributed by atoms with E-state index in [1.807, 2.05) is 6.92 Å². The number of carbonyl (C=O) groups is 1.